The summed E-state index contributed by atoms with van der Waals surface area (Å²) in [7, 11) is 0. The highest BCUT2D eigenvalue weighted by Crippen LogP contribution is 2.47. The third-order valence-corrected chi connectivity index (χ3v) is 4.04. The molecule has 1 aliphatic heterocycles. The van der Waals surface area contributed by atoms with Crippen LogP contribution in [0.4, 0.5) is 0 Å². The summed E-state index contributed by atoms with van der Waals surface area (Å²) in [5.41, 5.74) is 2.75. The molecule has 1 aromatic carbocycles. The van der Waals surface area contributed by atoms with E-state index in [1.54, 1.807) is 0 Å². The van der Waals surface area contributed by atoms with Crippen molar-refractivity contribution >= 4 is 0 Å². The van der Waals surface area contributed by atoms with E-state index < -0.39 is 0 Å². The summed E-state index contributed by atoms with van der Waals surface area (Å²) in [5, 5.41) is 0. The van der Waals surface area contributed by atoms with Crippen LogP contribution in [0, 0.1) is 12.3 Å². The topological polar surface area (TPSA) is 12.5 Å². The van der Waals surface area contributed by atoms with Crippen molar-refractivity contribution in [2.45, 2.75) is 24.8 Å². The number of terminal acetylenes is 1. The number of hydrogen-bond donors (Lipinski definition) is 0. The van der Waals surface area contributed by atoms with Crippen LogP contribution in [0.15, 0.2) is 24.3 Å². The molecule has 2 heteroatoms. The fourth-order valence-electron chi connectivity index (χ4n) is 2.59. The Kier molecular flexibility index (Phi) is 3.11. The minimum atomic E-state index is 0.0670. The zero-order valence-electron chi connectivity index (χ0n) is 10.7. The van der Waals surface area contributed by atoms with Gasteiger partial charge in [-0.15, -0.1) is 6.42 Å². The minimum absolute atomic E-state index is 0.0670. The monoisotopic (exact) mass is 241 g/mol. The van der Waals surface area contributed by atoms with Gasteiger partial charge in [-0.3, -0.25) is 4.90 Å². The molecule has 18 heavy (non-hydrogen) atoms. The van der Waals surface area contributed by atoms with E-state index in [4.69, 9.17) is 11.2 Å². The fraction of sp³-hybridized carbons (Fsp3) is 0.500. The Morgan fingerprint density at radius 3 is 2.39 bits per heavy atom. The second-order valence-corrected chi connectivity index (χ2v) is 5.31. The Labute approximate surface area is 109 Å². The van der Waals surface area contributed by atoms with Crippen molar-refractivity contribution < 1.29 is 4.74 Å². The quantitative estimate of drug-likeness (QED) is 0.752. The Hall–Kier alpha value is -1.30. The van der Waals surface area contributed by atoms with Crippen molar-refractivity contribution in [2.75, 3.05) is 26.3 Å². The lowest BCUT2D eigenvalue weighted by molar-refractivity contribution is 0.0342. The van der Waals surface area contributed by atoms with Crippen LogP contribution in [0.25, 0.3) is 0 Å². The van der Waals surface area contributed by atoms with Gasteiger partial charge in [0.05, 0.1) is 18.6 Å². The van der Waals surface area contributed by atoms with Crippen LogP contribution in [0.1, 0.15) is 24.0 Å². The van der Waals surface area contributed by atoms with Gasteiger partial charge in [-0.2, -0.15) is 0 Å². The lowest BCUT2D eigenvalue weighted by Crippen LogP contribution is -2.35. The van der Waals surface area contributed by atoms with Gasteiger partial charge in [-0.05, 0) is 24.0 Å². The van der Waals surface area contributed by atoms with Gasteiger partial charge >= 0.3 is 0 Å². The molecule has 1 saturated heterocycles. The van der Waals surface area contributed by atoms with Crippen molar-refractivity contribution in [3.63, 3.8) is 0 Å². The largest absolute Gasteiger partial charge is 0.379 e. The predicted molar refractivity (Wildman–Crippen MR) is 72.3 cm³/mol. The first-order valence-electron chi connectivity index (χ1n) is 6.70. The summed E-state index contributed by atoms with van der Waals surface area (Å²) < 4.78 is 5.36. The summed E-state index contributed by atoms with van der Waals surface area (Å²) in [6.07, 6.45) is 7.91. The molecule has 0 N–H and O–H groups in total. The highest BCUT2D eigenvalue weighted by atomic mass is 16.5. The molecule has 1 aromatic rings. The molecule has 0 atom stereocenters. The smallest absolute Gasteiger partial charge is 0.0594 e. The Balaban J connectivity index is 1.66. The molecule has 3 rings (SSSR count). The first kappa shape index (κ1) is 11.8. The van der Waals surface area contributed by atoms with Crippen LogP contribution in [-0.4, -0.2) is 31.2 Å². The van der Waals surface area contributed by atoms with Gasteiger partial charge < -0.3 is 4.74 Å². The lowest BCUT2D eigenvalue weighted by atomic mass is 9.96. The summed E-state index contributed by atoms with van der Waals surface area (Å²) in [6.45, 7) is 4.81. The highest BCUT2D eigenvalue weighted by Gasteiger charge is 2.42. The maximum atomic E-state index is 5.62. The summed E-state index contributed by atoms with van der Waals surface area (Å²) in [4.78, 5) is 2.44. The summed E-state index contributed by atoms with van der Waals surface area (Å²) >= 11 is 0. The number of rotatable bonds is 3. The standard InChI is InChI=1S/C16H19NO/c1-2-16(7-8-16)15-5-3-14(4-6-15)13-17-9-11-18-12-10-17/h1,3-6H,7-13H2. The molecule has 0 bridgehead atoms. The zero-order chi connectivity index (χ0) is 12.4. The third-order valence-electron chi connectivity index (χ3n) is 4.04. The van der Waals surface area contributed by atoms with Crippen LogP contribution in [0.2, 0.25) is 0 Å². The first-order chi connectivity index (χ1) is 8.82. The van der Waals surface area contributed by atoms with Gasteiger partial charge in [0.25, 0.3) is 0 Å². The lowest BCUT2D eigenvalue weighted by Gasteiger charge is -2.26. The summed E-state index contributed by atoms with van der Waals surface area (Å²) in [5.74, 6) is 2.94. The number of hydrogen-bond acceptors (Lipinski definition) is 2. The molecule has 0 aromatic heterocycles. The van der Waals surface area contributed by atoms with E-state index >= 15 is 0 Å². The van der Waals surface area contributed by atoms with Crippen LogP contribution in [-0.2, 0) is 16.7 Å². The molecule has 0 amide bonds. The highest BCUT2D eigenvalue weighted by molar-refractivity contribution is 5.41. The maximum Gasteiger partial charge on any atom is 0.0594 e. The minimum Gasteiger partial charge on any atom is -0.379 e. The molecule has 2 fully saturated rings. The van der Waals surface area contributed by atoms with Crippen LogP contribution in [0.5, 0.6) is 0 Å². The van der Waals surface area contributed by atoms with E-state index in [0.717, 1.165) is 45.7 Å². The first-order valence-corrected chi connectivity index (χ1v) is 6.70. The SMILES string of the molecule is C#CC1(c2ccc(CN3CCOCC3)cc2)CC1. The van der Waals surface area contributed by atoms with Gasteiger partial charge in [0.15, 0.2) is 0 Å². The van der Waals surface area contributed by atoms with E-state index in [-0.39, 0.29) is 5.41 Å². The molecule has 94 valence electrons. The van der Waals surface area contributed by atoms with Gasteiger partial charge in [0.1, 0.15) is 0 Å². The van der Waals surface area contributed by atoms with Crippen molar-refractivity contribution in [1.29, 1.82) is 0 Å². The predicted octanol–water partition coefficient (Wildman–Crippen LogP) is 2.18. The second kappa shape index (κ2) is 4.76. The van der Waals surface area contributed by atoms with E-state index in [2.05, 4.69) is 35.1 Å². The Bertz CT molecular complexity index is 447. The van der Waals surface area contributed by atoms with Gasteiger partial charge in [0.2, 0.25) is 0 Å². The number of benzene rings is 1. The molecule has 0 radical (unpaired) electrons. The number of nitrogens with zero attached hydrogens (tertiary/aromatic N) is 1. The van der Waals surface area contributed by atoms with Crippen LogP contribution < -0.4 is 0 Å². The molecule has 1 saturated carbocycles. The van der Waals surface area contributed by atoms with Crippen LogP contribution >= 0.6 is 0 Å². The molecule has 0 spiro atoms. The molecule has 1 aliphatic carbocycles. The third kappa shape index (κ3) is 2.29. The number of morpholine rings is 1. The van der Waals surface area contributed by atoms with E-state index in [1.165, 1.54) is 11.1 Å². The fourth-order valence-corrected chi connectivity index (χ4v) is 2.59. The Morgan fingerprint density at radius 2 is 1.83 bits per heavy atom. The van der Waals surface area contributed by atoms with E-state index in [1.807, 2.05) is 0 Å². The van der Waals surface area contributed by atoms with Crippen molar-refractivity contribution in [3.05, 3.63) is 35.4 Å². The van der Waals surface area contributed by atoms with Crippen molar-refractivity contribution in [2.24, 2.45) is 0 Å². The molecular weight excluding hydrogens is 222 g/mol. The average molecular weight is 241 g/mol. The second-order valence-electron chi connectivity index (χ2n) is 5.31. The van der Waals surface area contributed by atoms with Crippen LogP contribution in [0.3, 0.4) is 0 Å². The van der Waals surface area contributed by atoms with Crippen molar-refractivity contribution in [3.8, 4) is 12.3 Å². The van der Waals surface area contributed by atoms with Crippen molar-refractivity contribution in [1.82, 2.24) is 4.90 Å². The molecule has 1 heterocycles. The van der Waals surface area contributed by atoms with E-state index in [0.29, 0.717) is 0 Å². The molecule has 0 unspecified atom stereocenters. The zero-order valence-corrected chi connectivity index (χ0v) is 10.7. The van der Waals surface area contributed by atoms with Gasteiger partial charge in [-0.1, -0.05) is 30.2 Å². The Morgan fingerprint density at radius 1 is 1.17 bits per heavy atom. The van der Waals surface area contributed by atoms with E-state index in [9.17, 15) is 0 Å². The number of ether oxygens (including phenoxy) is 1. The molecule has 2 aliphatic rings. The maximum absolute atomic E-state index is 5.62. The molecule has 2 nitrogen and oxygen atoms in total. The van der Waals surface area contributed by atoms with Gasteiger partial charge in [-0.25, -0.2) is 0 Å². The molecular formula is C16H19NO. The van der Waals surface area contributed by atoms with Gasteiger partial charge in [0, 0.05) is 19.6 Å². The average Bonchev–Trinajstić information content (AvgIpc) is 3.22. The summed E-state index contributed by atoms with van der Waals surface area (Å²) in [6, 6.07) is 8.87. The normalized spacial score (nSPS) is 22.4.